The fourth-order valence-electron chi connectivity index (χ4n) is 2.33. The van der Waals surface area contributed by atoms with Crippen molar-refractivity contribution in [2.24, 2.45) is 11.0 Å². The third kappa shape index (κ3) is 3.92. The standard InChI is InChI=1S/C16H17Cl2F3N2O3/c1-8(2)12-7-15(25,16(19,20)21)23(22-12)14(24)9(3)26-13-5-4-10(17)6-11(13)18/h4-6,8-9,25H,7H2,1-3H3/t9-,15-/m1/s1. The van der Waals surface area contributed by atoms with E-state index in [2.05, 4.69) is 5.10 Å². The minimum atomic E-state index is -5.08. The molecule has 2 rings (SSSR count). The van der Waals surface area contributed by atoms with Crippen molar-refractivity contribution in [1.82, 2.24) is 5.01 Å². The van der Waals surface area contributed by atoms with Gasteiger partial charge in [0.1, 0.15) is 5.75 Å². The number of rotatable bonds is 4. The Balaban J connectivity index is 2.29. The van der Waals surface area contributed by atoms with Gasteiger partial charge in [0.25, 0.3) is 11.6 Å². The fourth-order valence-corrected chi connectivity index (χ4v) is 2.78. The number of halogens is 5. The molecule has 1 aliphatic heterocycles. The number of benzene rings is 1. The van der Waals surface area contributed by atoms with E-state index in [0.29, 0.717) is 5.02 Å². The van der Waals surface area contributed by atoms with Gasteiger partial charge >= 0.3 is 6.18 Å². The molecule has 0 saturated heterocycles. The zero-order chi connectivity index (χ0) is 19.9. The summed E-state index contributed by atoms with van der Waals surface area (Å²) in [5.41, 5.74) is -3.35. The van der Waals surface area contributed by atoms with E-state index in [1.807, 2.05) is 0 Å². The number of hydrogen-bond acceptors (Lipinski definition) is 4. The van der Waals surface area contributed by atoms with Gasteiger partial charge in [0.2, 0.25) is 0 Å². The van der Waals surface area contributed by atoms with Crippen molar-refractivity contribution >= 4 is 34.8 Å². The molecule has 0 unspecified atom stereocenters. The smallest absolute Gasteiger partial charge is 0.438 e. The number of nitrogens with zero attached hydrogens (tertiary/aromatic N) is 2. The number of hydrogen-bond donors (Lipinski definition) is 1. The van der Waals surface area contributed by atoms with Gasteiger partial charge in [-0.25, -0.2) is 0 Å². The summed E-state index contributed by atoms with van der Waals surface area (Å²) in [5, 5.41) is 14.3. The van der Waals surface area contributed by atoms with Crippen molar-refractivity contribution < 1.29 is 27.8 Å². The third-order valence-electron chi connectivity index (χ3n) is 3.88. The van der Waals surface area contributed by atoms with Crippen molar-refractivity contribution in [3.8, 4) is 5.75 Å². The minimum absolute atomic E-state index is 0.0524. The van der Waals surface area contributed by atoms with Gasteiger partial charge in [0, 0.05) is 17.2 Å². The van der Waals surface area contributed by atoms with Crippen LogP contribution in [0.3, 0.4) is 0 Å². The summed E-state index contributed by atoms with van der Waals surface area (Å²) in [6, 6.07) is 4.21. The summed E-state index contributed by atoms with van der Waals surface area (Å²) in [5.74, 6) is -1.45. The van der Waals surface area contributed by atoms with Gasteiger partial charge in [-0.2, -0.15) is 23.3 Å². The Labute approximate surface area is 158 Å². The molecule has 1 N–H and O–H groups in total. The van der Waals surface area contributed by atoms with Crippen LogP contribution in [0.4, 0.5) is 13.2 Å². The van der Waals surface area contributed by atoms with E-state index < -0.39 is 30.3 Å². The van der Waals surface area contributed by atoms with E-state index in [4.69, 9.17) is 27.9 Å². The van der Waals surface area contributed by atoms with Crippen LogP contribution in [0.5, 0.6) is 5.75 Å². The van der Waals surface area contributed by atoms with Crippen LogP contribution in [0.1, 0.15) is 27.2 Å². The van der Waals surface area contributed by atoms with Crippen LogP contribution >= 0.6 is 23.2 Å². The summed E-state index contributed by atoms with van der Waals surface area (Å²) in [4.78, 5) is 12.5. The lowest BCUT2D eigenvalue weighted by Gasteiger charge is -2.33. The van der Waals surface area contributed by atoms with Crippen molar-refractivity contribution in [3.63, 3.8) is 0 Å². The molecule has 144 valence electrons. The maximum absolute atomic E-state index is 13.4. The molecule has 0 bridgehead atoms. The van der Waals surface area contributed by atoms with Crippen molar-refractivity contribution in [2.75, 3.05) is 0 Å². The van der Waals surface area contributed by atoms with Crippen molar-refractivity contribution in [3.05, 3.63) is 28.2 Å². The molecule has 5 nitrogen and oxygen atoms in total. The summed E-state index contributed by atoms with van der Waals surface area (Å²) in [6.45, 7) is 4.49. The van der Waals surface area contributed by atoms with Gasteiger partial charge in [-0.05, 0) is 31.0 Å². The van der Waals surface area contributed by atoms with E-state index in [1.54, 1.807) is 13.8 Å². The fraction of sp³-hybridized carbons (Fsp3) is 0.500. The average molecular weight is 413 g/mol. The summed E-state index contributed by atoms with van der Waals surface area (Å²) < 4.78 is 45.5. The molecule has 1 amide bonds. The highest BCUT2D eigenvalue weighted by Gasteiger charge is 2.63. The zero-order valence-corrected chi connectivity index (χ0v) is 15.7. The number of alkyl halides is 3. The van der Waals surface area contributed by atoms with Crippen LogP contribution < -0.4 is 4.74 Å². The van der Waals surface area contributed by atoms with Gasteiger partial charge in [0.15, 0.2) is 6.10 Å². The zero-order valence-electron chi connectivity index (χ0n) is 14.1. The van der Waals surface area contributed by atoms with E-state index in [-0.39, 0.29) is 27.4 Å². The first kappa shape index (κ1) is 20.8. The lowest BCUT2D eigenvalue weighted by Crippen LogP contribution is -2.58. The molecule has 0 fully saturated rings. The average Bonchev–Trinajstić information content (AvgIpc) is 2.88. The normalized spacial score (nSPS) is 21.8. The molecule has 1 aromatic carbocycles. The third-order valence-corrected chi connectivity index (χ3v) is 4.41. The minimum Gasteiger partial charge on any atom is -0.479 e. The number of amides is 1. The first-order valence-electron chi connectivity index (χ1n) is 7.69. The maximum atomic E-state index is 13.4. The van der Waals surface area contributed by atoms with Gasteiger partial charge in [0.05, 0.1) is 5.02 Å². The molecule has 26 heavy (non-hydrogen) atoms. The Morgan fingerprint density at radius 2 is 1.96 bits per heavy atom. The second-order valence-electron chi connectivity index (χ2n) is 6.22. The molecule has 0 aliphatic carbocycles. The molecule has 10 heteroatoms. The van der Waals surface area contributed by atoms with Gasteiger partial charge in [-0.1, -0.05) is 37.0 Å². The Hall–Kier alpha value is -1.51. The number of carbonyl (C=O) groups is 1. The molecule has 1 aliphatic rings. The van der Waals surface area contributed by atoms with Gasteiger partial charge < -0.3 is 9.84 Å². The molecular formula is C16H17Cl2F3N2O3. The van der Waals surface area contributed by atoms with Crippen molar-refractivity contribution in [1.29, 1.82) is 0 Å². The first-order valence-corrected chi connectivity index (χ1v) is 8.44. The topological polar surface area (TPSA) is 62.1 Å². The van der Waals surface area contributed by atoms with Crippen LogP contribution in [0, 0.1) is 5.92 Å². The van der Waals surface area contributed by atoms with Crippen LogP contribution in [0.2, 0.25) is 10.0 Å². The lowest BCUT2D eigenvalue weighted by molar-refractivity contribution is -0.303. The van der Waals surface area contributed by atoms with Crippen molar-refractivity contribution in [2.45, 2.75) is 45.2 Å². The number of hydrazone groups is 1. The predicted octanol–water partition coefficient (Wildman–Crippen LogP) is 4.26. The quantitative estimate of drug-likeness (QED) is 0.803. The second-order valence-corrected chi connectivity index (χ2v) is 7.07. The van der Waals surface area contributed by atoms with E-state index in [9.17, 15) is 23.1 Å². The highest BCUT2D eigenvalue weighted by atomic mass is 35.5. The largest absolute Gasteiger partial charge is 0.479 e. The van der Waals surface area contributed by atoms with Crippen LogP contribution in [0.25, 0.3) is 0 Å². The Kier molecular flexibility index (Phi) is 5.80. The molecular weight excluding hydrogens is 396 g/mol. The Morgan fingerprint density at radius 3 is 2.46 bits per heavy atom. The number of ether oxygens (including phenoxy) is 1. The monoisotopic (exact) mass is 412 g/mol. The van der Waals surface area contributed by atoms with Crippen LogP contribution in [-0.2, 0) is 4.79 Å². The summed E-state index contributed by atoms with van der Waals surface area (Å²) >= 11 is 11.7. The number of carbonyl (C=O) groups excluding carboxylic acids is 1. The predicted molar refractivity (Wildman–Crippen MR) is 91.3 cm³/mol. The molecule has 0 saturated carbocycles. The lowest BCUT2D eigenvalue weighted by atomic mass is 9.99. The van der Waals surface area contributed by atoms with Crippen LogP contribution in [-0.4, -0.2) is 39.7 Å². The Bertz CT molecular complexity index is 740. The summed E-state index contributed by atoms with van der Waals surface area (Å²) in [6.07, 6.45) is -7.27. The molecule has 0 aromatic heterocycles. The van der Waals surface area contributed by atoms with Crippen LogP contribution in [0.15, 0.2) is 23.3 Å². The second kappa shape index (κ2) is 7.25. The molecule has 1 heterocycles. The van der Waals surface area contributed by atoms with E-state index in [0.717, 1.165) is 0 Å². The van der Waals surface area contributed by atoms with E-state index in [1.165, 1.54) is 25.1 Å². The SMILES string of the molecule is CC(C)C1=NN(C(=O)[C@@H](C)Oc2ccc(Cl)cc2Cl)[C@](O)(C(F)(F)F)C1. The summed E-state index contributed by atoms with van der Waals surface area (Å²) in [7, 11) is 0. The molecule has 1 aromatic rings. The van der Waals surface area contributed by atoms with Gasteiger partial charge in [-0.15, -0.1) is 0 Å². The molecule has 2 atom stereocenters. The molecule has 0 spiro atoms. The number of aliphatic hydroxyl groups is 1. The highest BCUT2D eigenvalue weighted by Crippen LogP contribution is 2.42. The maximum Gasteiger partial charge on any atom is 0.438 e. The molecule has 0 radical (unpaired) electrons. The highest BCUT2D eigenvalue weighted by molar-refractivity contribution is 6.35. The van der Waals surface area contributed by atoms with Gasteiger partial charge in [-0.3, -0.25) is 4.79 Å². The Morgan fingerprint density at radius 1 is 1.35 bits per heavy atom. The van der Waals surface area contributed by atoms with E-state index >= 15 is 0 Å². The first-order chi connectivity index (χ1) is 11.9.